The first-order chi connectivity index (χ1) is 13.9. The Kier molecular flexibility index (Phi) is 5.48. The van der Waals surface area contributed by atoms with E-state index in [1.807, 2.05) is 30.3 Å². The Labute approximate surface area is 177 Å². The number of carbonyl (C=O) groups is 1. The zero-order chi connectivity index (χ0) is 20.6. The molecule has 0 amide bonds. The summed E-state index contributed by atoms with van der Waals surface area (Å²) in [6.45, 7) is 5.47. The van der Waals surface area contributed by atoms with Crippen LogP contribution >= 0.6 is 11.6 Å². The summed E-state index contributed by atoms with van der Waals surface area (Å²) < 4.78 is 0. The maximum absolute atomic E-state index is 12.0. The molecule has 2 saturated carbocycles. The molecule has 2 aromatic carbocycles. The van der Waals surface area contributed by atoms with Gasteiger partial charge in [0.1, 0.15) is 0 Å². The van der Waals surface area contributed by atoms with Gasteiger partial charge in [0, 0.05) is 23.3 Å². The summed E-state index contributed by atoms with van der Waals surface area (Å²) >= 11 is 6.05. The van der Waals surface area contributed by atoms with E-state index in [4.69, 9.17) is 11.6 Å². The Hall–Kier alpha value is -2.20. The molecule has 0 aliphatic heterocycles. The number of nitrogens with one attached hydrogen (secondary N) is 1. The van der Waals surface area contributed by atoms with Crippen molar-refractivity contribution in [1.29, 1.82) is 0 Å². The fraction of sp³-hybridized carbons (Fsp3) is 0.458. The fourth-order valence-electron chi connectivity index (χ4n) is 4.20. The van der Waals surface area contributed by atoms with Crippen LogP contribution in [0.2, 0.25) is 5.02 Å². The summed E-state index contributed by atoms with van der Waals surface area (Å²) in [5.74, 6) is 0.0464. The van der Waals surface area contributed by atoms with Crippen molar-refractivity contribution in [1.82, 2.24) is 0 Å². The number of aliphatic carboxylic acids is 1. The Bertz CT molecular complexity index is 886. The average Bonchev–Trinajstić information content (AvgIpc) is 3.45. The molecule has 29 heavy (non-hydrogen) atoms. The van der Waals surface area contributed by atoms with Crippen LogP contribution in [0.25, 0.3) is 0 Å². The van der Waals surface area contributed by atoms with E-state index in [9.17, 15) is 9.90 Å². The highest BCUT2D eigenvalue weighted by atomic mass is 35.5. The quantitative estimate of drug-likeness (QED) is 0.540. The maximum atomic E-state index is 12.0. The van der Waals surface area contributed by atoms with Crippen LogP contribution in [-0.4, -0.2) is 23.7 Å². The lowest BCUT2D eigenvalue weighted by molar-refractivity contribution is -0.147. The summed E-state index contributed by atoms with van der Waals surface area (Å²) in [6.07, 6.45) is 4.97. The predicted octanol–water partition coefficient (Wildman–Crippen LogP) is 6.21. The Morgan fingerprint density at radius 1 is 1.21 bits per heavy atom. The summed E-state index contributed by atoms with van der Waals surface area (Å²) in [6, 6.07) is 14.2. The summed E-state index contributed by atoms with van der Waals surface area (Å²) in [7, 11) is 0. The third-order valence-corrected chi connectivity index (χ3v) is 6.63. The number of anilines is 3. The van der Waals surface area contributed by atoms with E-state index in [2.05, 4.69) is 36.2 Å². The smallest absolute Gasteiger partial charge is 0.314 e. The Morgan fingerprint density at radius 2 is 1.90 bits per heavy atom. The zero-order valence-corrected chi connectivity index (χ0v) is 17.9. The normalized spacial score (nSPS) is 17.7. The van der Waals surface area contributed by atoms with Crippen LogP contribution in [0.15, 0.2) is 42.5 Å². The molecule has 5 heteroatoms. The molecule has 0 unspecified atom stereocenters. The van der Waals surface area contributed by atoms with E-state index >= 15 is 0 Å². The van der Waals surface area contributed by atoms with Crippen molar-refractivity contribution >= 4 is 34.6 Å². The van der Waals surface area contributed by atoms with Gasteiger partial charge in [0.05, 0.1) is 16.8 Å². The molecule has 2 aromatic rings. The minimum absolute atomic E-state index is 0.365. The van der Waals surface area contributed by atoms with Gasteiger partial charge in [-0.15, -0.1) is 0 Å². The highest BCUT2D eigenvalue weighted by Gasteiger charge is 2.46. The zero-order valence-electron chi connectivity index (χ0n) is 17.1. The van der Waals surface area contributed by atoms with Gasteiger partial charge in [0.2, 0.25) is 0 Å². The Balaban J connectivity index is 1.74. The molecule has 0 radical (unpaired) electrons. The molecule has 2 aliphatic rings. The van der Waals surface area contributed by atoms with E-state index in [1.54, 1.807) is 0 Å². The number of carboxylic acids is 1. The Morgan fingerprint density at radius 3 is 2.41 bits per heavy atom. The fourth-order valence-corrected chi connectivity index (χ4v) is 4.32. The van der Waals surface area contributed by atoms with E-state index in [-0.39, 0.29) is 0 Å². The van der Waals surface area contributed by atoms with Crippen molar-refractivity contribution in [3.8, 4) is 0 Å². The number of hydrogen-bond acceptors (Lipinski definition) is 3. The first kappa shape index (κ1) is 20.1. The van der Waals surface area contributed by atoms with E-state index in [1.165, 1.54) is 12.8 Å². The van der Waals surface area contributed by atoms with Gasteiger partial charge in [-0.25, -0.2) is 0 Å². The molecule has 0 saturated heterocycles. The molecule has 2 aliphatic carbocycles. The van der Waals surface area contributed by atoms with Crippen molar-refractivity contribution < 1.29 is 9.90 Å². The summed E-state index contributed by atoms with van der Waals surface area (Å²) in [4.78, 5) is 14.5. The molecule has 0 bridgehead atoms. The van der Waals surface area contributed by atoms with Crippen LogP contribution < -0.4 is 10.2 Å². The first-order valence-electron chi connectivity index (χ1n) is 10.6. The molecule has 0 aromatic heterocycles. The third-order valence-electron chi connectivity index (χ3n) is 6.37. The van der Waals surface area contributed by atoms with Crippen molar-refractivity contribution in [2.75, 3.05) is 16.8 Å². The molecule has 0 spiro atoms. The van der Waals surface area contributed by atoms with E-state index in [0.29, 0.717) is 23.9 Å². The van der Waals surface area contributed by atoms with E-state index in [0.717, 1.165) is 41.5 Å². The number of rotatable bonds is 8. The predicted molar refractivity (Wildman–Crippen MR) is 120 cm³/mol. The minimum Gasteiger partial charge on any atom is -0.481 e. The highest BCUT2D eigenvalue weighted by Crippen LogP contribution is 2.46. The van der Waals surface area contributed by atoms with Crippen LogP contribution in [0.3, 0.4) is 0 Å². The number of nitrogens with zero attached hydrogens (tertiary/aromatic N) is 1. The second-order valence-electron chi connectivity index (χ2n) is 8.79. The second-order valence-corrected chi connectivity index (χ2v) is 9.23. The lowest BCUT2D eigenvalue weighted by atomic mass is 9.64. The van der Waals surface area contributed by atoms with Crippen LogP contribution in [0.4, 0.5) is 17.1 Å². The number of benzene rings is 2. The maximum Gasteiger partial charge on any atom is 0.314 e. The van der Waals surface area contributed by atoms with Crippen LogP contribution in [0.1, 0.15) is 51.5 Å². The van der Waals surface area contributed by atoms with Gasteiger partial charge in [-0.3, -0.25) is 4.79 Å². The summed E-state index contributed by atoms with van der Waals surface area (Å²) in [5, 5.41) is 14.1. The van der Waals surface area contributed by atoms with Gasteiger partial charge in [-0.2, -0.15) is 0 Å². The van der Waals surface area contributed by atoms with Crippen molar-refractivity contribution in [2.45, 2.75) is 57.4 Å². The first-order valence-corrected chi connectivity index (χ1v) is 10.9. The standard InChI is InChI=1S/C24H29ClN2O2/c1-16(2)27(15-17-4-5-17)22-11-6-18(24(23(28)29)12-3-13-24)14-21(22)26-20-9-7-19(25)8-10-20/h6-11,14,16-17,26H,3-5,12-13,15H2,1-2H3,(H,28,29). The number of carboxylic acid groups (broad SMARTS) is 1. The van der Waals surface area contributed by atoms with E-state index < -0.39 is 11.4 Å². The molecular formula is C24H29ClN2O2. The van der Waals surface area contributed by atoms with Crippen LogP contribution in [0.5, 0.6) is 0 Å². The van der Waals surface area contributed by atoms with Gasteiger partial charge in [0.25, 0.3) is 0 Å². The van der Waals surface area contributed by atoms with Crippen molar-refractivity contribution in [2.24, 2.45) is 5.92 Å². The largest absolute Gasteiger partial charge is 0.481 e. The van der Waals surface area contributed by atoms with Gasteiger partial charge in [-0.1, -0.05) is 24.1 Å². The molecular weight excluding hydrogens is 384 g/mol. The number of hydrogen-bond donors (Lipinski definition) is 2. The SMILES string of the molecule is CC(C)N(CC1CC1)c1ccc(C2(C(=O)O)CCC2)cc1Nc1ccc(Cl)cc1. The second kappa shape index (κ2) is 7.91. The monoisotopic (exact) mass is 412 g/mol. The molecule has 0 atom stereocenters. The van der Waals surface area contributed by atoms with Gasteiger partial charge >= 0.3 is 5.97 Å². The molecule has 4 nitrogen and oxygen atoms in total. The molecule has 0 heterocycles. The van der Waals surface area contributed by atoms with Crippen molar-refractivity contribution in [3.05, 3.63) is 53.1 Å². The van der Waals surface area contributed by atoms with Crippen LogP contribution in [-0.2, 0) is 10.2 Å². The topological polar surface area (TPSA) is 52.6 Å². The summed E-state index contributed by atoms with van der Waals surface area (Å²) in [5.41, 5.74) is 3.19. The van der Waals surface area contributed by atoms with Gasteiger partial charge in [-0.05, 0) is 87.4 Å². The molecule has 4 rings (SSSR count). The van der Waals surface area contributed by atoms with Gasteiger partial charge in [0.15, 0.2) is 0 Å². The third kappa shape index (κ3) is 4.09. The van der Waals surface area contributed by atoms with Crippen molar-refractivity contribution in [3.63, 3.8) is 0 Å². The van der Waals surface area contributed by atoms with Gasteiger partial charge < -0.3 is 15.3 Å². The van der Waals surface area contributed by atoms with Crippen LogP contribution in [0, 0.1) is 5.92 Å². The number of halogens is 1. The highest BCUT2D eigenvalue weighted by molar-refractivity contribution is 6.30. The lowest BCUT2D eigenvalue weighted by Crippen LogP contribution is -2.42. The minimum atomic E-state index is -0.742. The molecule has 2 N–H and O–H groups in total. The molecule has 2 fully saturated rings. The average molecular weight is 413 g/mol. The lowest BCUT2D eigenvalue weighted by Gasteiger charge is -2.39. The molecule has 154 valence electrons.